The molecule has 7 nitrogen and oxygen atoms in total. The molecule has 0 saturated carbocycles. The van der Waals surface area contributed by atoms with Gasteiger partial charge in [0.05, 0.1) is 17.2 Å². The van der Waals surface area contributed by atoms with Gasteiger partial charge in [-0.2, -0.15) is 5.10 Å². The summed E-state index contributed by atoms with van der Waals surface area (Å²) in [5.74, 6) is 0.800. The molecule has 2 aromatic carbocycles. The van der Waals surface area contributed by atoms with Crippen molar-refractivity contribution in [1.29, 1.82) is 0 Å². The quantitative estimate of drug-likeness (QED) is 0.514. The SMILES string of the molecule is C=CC(=O)N1CCN(c2ncnc3cc(-c4ccc5[nH]ncc5c4)c(Cl)cc23)CC1. The summed E-state index contributed by atoms with van der Waals surface area (Å²) in [5.41, 5.74) is 3.73. The third-order valence-electron chi connectivity index (χ3n) is 5.52. The van der Waals surface area contributed by atoms with E-state index in [-0.39, 0.29) is 5.91 Å². The fourth-order valence-electron chi connectivity index (χ4n) is 3.91. The smallest absolute Gasteiger partial charge is 0.246 e. The van der Waals surface area contributed by atoms with Crippen LogP contribution in [0.4, 0.5) is 5.82 Å². The lowest BCUT2D eigenvalue weighted by atomic mass is 10.0. The van der Waals surface area contributed by atoms with E-state index in [0.717, 1.165) is 38.8 Å². The minimum atomic E-state index is -0.0375. The third-order valence-corrected chi connectivity index (χ3v) is 5.83. The number of amides is 1. The number of benzene rings is 2. The molecule has 150 valence electrons. The summed E-state index contributed by atoms with van der Waals surface area (Å²) in [7, 11) is 0. The zero-order valence-corrected chi connectivity index (χ0v) is 16.9. The van der Waals surface area contributed by atoms with Gasteiger partial charge in [-0.25, -0.2) is 9.97 Å². The van der Waals surface area contributed by atoms with Crippen LogP contribution in [0.1, 0.15) is 0 Å². The molecule has 4 aromatic rings. The molecule has 2 aromatic heterocycles. The van der Waals surface area contributed by atoms with Crippen LogP contribution in [0.25, 0.3) is 32.9 Å². The molecular formula is C22H19ClN6O. The van der Waals surface area contributed by atoms with Crippen LogP contribution >= 0.6 is 11.6 Å². The van der Waals surface area contributed by atoms with Gasteiger partial charge in [0, 0.05) is 47.5 Å². The number of halogens is 1. The number of nitrogens with one attached hydrogen (secondary N) is 1. The Bertz CT molecular complexity index is 1280. The van der Waals surface area contributed by atoms with Crippen LogP contribution in [-0.2, 0) is 4.79 Å². The molecule has 0 spiro atoms. The molecule has 0 unspecified atom stereocenters. The fourth-order valence-corrected chi connectivity index (χ4v) is 4.19. The molecule has 0 radical (unpaired) electrons. The molecule has 1 aliphatic heterocycles. The van der Waals surface area contributed by atoms with Gasteiger partial charge in [-0.05, 0) is 35.9 Å². The molecular weight excluding hydrogens is 400 g/mol. The van der Waals surface area contributed by atoms with Crippen molar-refractivity contribution in [3.05, 3.63) is 60.5 Å². The first-order chi connectivity index (χ1) is 14.6. The van der Waals surface area contributed by atoms with Gasteiger partial charge in [0.25, 0.3) is 0 Å². The molecule has 1 aliphatic rings. The van der Waals surface area contributed by atoms with Crippen LogP contribution < -0.4 is 4.90 Å². The number of anilines is 1. The molecule has 1 fully saturated rings. The standard InChI is InChI=1S/C22H19ClN6O/c1-2-21(30)28-5-7-29(8-6-28)22-17-10-18(23)16(11-20(17)24-13-25-22)14-3-4-19-15(9-14)12-26-27-19/h2-4,9-13H,1,5-8H2,(H,26,27). The van der Waals surface area contributed by atoms with Crippen molar-refractivity contribution in [2.75, 3.05) is 31.1 Å². The number of aromatic nitrogens is 4. The number of hydrogen-bond acceptors (Lipinski definition) is 5. The minimum absolute atomic E-state index is 0.0375. The predicted molar refractivity (Wildman–Crippen MR) is 119 cm³/mol. The van der Waals surface area contributed by atoms with Crippen LogP contribution in [0.2, 0.25) is 5.02 Å². The molecule has 1 N–H and O–H groups in total. The molecule has 3 heterocycles. The summed E-state index contributed by atoms with van der Waals surface area (Å²) >= 11 is 6.70. The predicted octanol–water partition coefficient (Wildman–Crippen LogP) is 3.66. The van der Waals surface area contributed by atoms with E-state index in [2.05, 4.69) is 37.7 Å². The Morgan fingerprint density at radius 1 is 1.13 bits per heavy atom. The van der Waals surface area contributed by atoms with Crippen LogP contribution in [0.5, 0.6) is 0 Å². The third kappa shape index (κ3) is 3.17. The number of carbonyl (C=O) groups excluding carboxylic acids is 1. The van der Waals surface area contributed by atoms with E-state index < -0.39 is 0 Å². The number of H-pyrrole nitrogens is 1. The maximum atomic E-state index is 11.8. The molecule has 0 aliphatic carbocycles. The molecule has 1 saturated heterocycles. The molecule has 5 rings (SSSR count). The largest absolute Gasteiger partial charge is 0.352 e. The molecule has 0 atom stereocenters. The number of rotatable bonds is 3. The lowest BCUT2D eigenvalue weighted by molar-refractivity contribution is -0.126. The Kier molecular flexibility index (Phi) is 4.59. The van der Waals surface area contributed by atoms with E-state index in [1.54, 1.807) is 17.4 Å². The van der Waals surface area contributed by atoms with E-state index >= 15 is 0 Å². The second-order valence-electron chi connectivity index (χ2n) is 7.23. The van der Waals surface area contributed by atoms with E-state index in [9.17, 15) is 4.79 Å². The maximum Gasteiger partial charge on any atom is 0.246 e. The van der Waals surface area contributed by atoms with Crippen molar-refractivity contribution in [2.45, 2.75) is 0 Å². The van der Waals surface area contributed by atoms with Crippen LogP contribution in [0.3, 0.4) is 0 Å². The monoisotopic (exact) mass is 418 g/mol. The Labute approximate surface area is 178 Å². The number of piperazine rings is 1. The Balaban J connectivity index is 1.51. The van der Waals surface area contributed by atoms with Gasteiger partial charge in [0.2, 0.25) is 5.91 Å². The van der Waals surface area contributed by atoms with E-state index in [1.165, 1.54) is 6.08 Å². The number of aromatic amines is 1. The minimum Gasteiger partial charge on any atom is -0.352 e. The molecule has 0 bridgehead atoms. The van der Waals surface area contributed by atoms with Crippen LogP contribution in [-0.4, -0.2) is 57.2 Å². The second-order valence-corrected chi connectivity index (χ2v) is 7.64. The first kappa shape index (κ1) is 18.6. The maximum absolute atomic E-state index is 11.8. The first-order valence-electron chi connectivity index (χ1n) is 9.68. The zero-order chi connectivity index (χ0) is 20.7. The fraction of sp³-hybridized carbons (Fsp3) is 0.182. The Hall–Kier alpha value is -3.45. The highest BCUT2D eigenvalue weighted by Crippen LogP contribution is 2.35. The van der Waals surface area contributed by atoms with Gasteiger partial charge in [-0.15, -0.1) is 0 Å². The average Bonchev–Trinajstić information content (AvgIpc) is 3.26. The van der Waals surface area contributed by atoms with Crippen molar-refractivity contribution in [1.82, 2.24) is 25.1 Å². The van der Waals surface area contributed by atoms with Gasteiger partial charge in [-0.1, -0.05) is 24.2 Å². The summed E-state index contributed by atoms with van der Waals surface area (Å²) < 4.78 is 0. The summed E-state index contributed by atoms with van der Waals surface area (Å²) in [4.78, 5) is 24.8. The number of hydrogen-bond donors (Lipinski definition) is 1. The van der Waals surface area contributed by atoms with Gasteiger partial charge < -0.3 is 9.80 Å². The van der Waals surface area contributed by atoms with Crippen LogP contribution in [0, 0.1) is 0 Å². The average molecular weight is 419 g/mol. The lowest BCUT2D eigenvalue weighted by Gasteiger charge is -2.35. The highest BCUT2D eigenvalue weighted by molar-refractivity contribution is 6.34. The van der Waals surface area contributed by atoms with Crippen LogP contribution in [0.15, 0.2) is 55.5 Å². The first-order valence-corrected chi connectivity index (χ1v) is 10.1. The van der Waals surface area contributed by atoms with Gasteiger partial charge >= 0.3 is 0 Å². The molecule has 8 heteroatoms. The second kappa shape index (κ2) is 7.42. The summed E-state index contributed by atoms with van der Waals surface area (Å²) in [6, 6.07) is 10.0. The number of fused-ring (bicyclic) bond motifs is 2. The highest BCUT2D eigenvalue weighted by Gasteiger charge is 2.22. The molecule has 1 amide bonds. The Morgan fingerprint density at radius 3 is 2.77 bits per heavy atom. The van der Waals surface area contributed by atoms with E-state index in [0.29, 0.717) is 31.2 Å². The van der Waals surface area contributed by atoms with E-state index in [4.69, 9.17) is 11.6 Å². The summed E-state index contributed by atoms with van der Waals surface area (Å²) in [5, 5.41) is 9.61. The summed E-state index contributed by atoms with van der Waals surface area (Å²) in [6.07, 6.45) is 4.73. The number of carbonyl (C=O) groups is 1. The van der Waals surface area contributed by atoms with Crippen molar-refractivity contribution < 1.29 is 4.79 Å². The normalized spacial score (nSPS) is 14.4. The number of nitrogens with zero attached hydrogens (tertiary/aromatic N) is 5. The lowest BCUT2D eigenvalue weighted by Crippen LogP contribution is -2.48. The van der Waals surface area contributed by atoms with E-state index in [1.807, 2.05) is 24.3 Å². The topological polar surface area (TPSA) is 78.0 Å². The van der Waals surface area contributed by atoms with Gasteiger partial charge in [0.1, 0.15) is 12.1 Å². The molecule has 30 heavy (non-hydrogen) atoms. The van der Waals surface area contributed by atoms with Crippen molar-refractivity contribution in [2.24, 2.45) is 0 Å². The highest BCUT2D eigenvalue weighted by atomic mass is 35.5. The van der Waals surface area contributed by atoms with Crippen molar-refractivity contribution >= 4 is 45.1 Å². The summed E-state index contributed by atoms with van der Waals surface area (Å²) in [6.45, 7) is 6.22. The van der Waals surface area contributed by atoms with Crippen molar-refractivity contribution in [3.8, 4) is 11.1 Å². The zero-order valence-electron chi connectivity index (χ0n) is 16.2. The van der Waals surface area contributed by atoms with Crippen molar-refractivity contribution in [3.63, 3.8) is 0 Å². The van der Waals surface area contributed by atoms with Gasteiger partial charge in [0.15, 0.2) is 0 Å². The van der Waals surface area contributed by atoms with Gasteiger partial charge in [-0.3, -0.25) is 9.89 Å². The Morgan fingerprint density at radius 2 is 1.97 bits per heavy atom.